The van der Waals surface area contributed by atoms with Crippen LogP contribution in [0.2, 0.25) is 0 Å². The SMILES string of the molecule is CC(C)c1cc(CN2C[C@@H]3CN(C4CCCCC4)C[C@]3(C(=O)O)C2)on1. The van der Waals surface area contributed by atoms with Crippen molar-refractivity contribution in [2.45, 2.75) is 64.5 Å². The molecule has 1 saturated carbocycles. The van der Waals surface area contributed by atoms with Gasteiger partial charge in [-0.25, -0.2) is 0 Å². The molecule has 2 atom stereocenters. The molecule has 0 radical (unpaired) electrons. The predicted molar refractivity (Wildman–Crippen MR) is 97.9 cm³/mol. The topological polar surface area (TPSA) is 69.8 Å². The van der Waals surface area contributed by atoms with Crippen LogP contribution in [-0.4, -0.2) is 58.3 Å². The quantitative estimate of drug-likeness (QED) is 0.869. The van der Waals surface area contributed by atoms with E-state index >= 15 is 0 Å². The molecule has 0 unspecified atom stereocenters. The van der Waals surface area contributed by atoms with Crippen molar-refractivity contribution in [2.24, 2.45) is 11.3 Å². The molecular formula is C20H31N3O3. The van der Waals surface area contributed by atoms with Crippen LogP contribution in [0.15, 0.2) is 10.6 Å². The highest BCUT2D eigenvalue weighted by Gasteiger charge is 2.58. The Labute approximate surface area is 155 Å². The first kappa shape index (κ1) is 18.0. The number of rotatable bonds is 5. The molecule has 0 amide bonds. The van der Waals surface area contributed by atoms with Crippen LogP contribution in [0.3, 0.4) is 0 Å². The summed E-state index contributed by atoms with van der Waals surface area (Å²) in [5.41, 5.74) is 0.356. The Hall–Kier alpha value is -1.40. The maximum Gasteiger partial charge on any atom is 0.312 e. The lowest BCUT2D eigenvalue weighted by Crippen LogP contribution is -2.43. The zero-order valence-corrected chi connectivity index (χ0v) is 16.0. The van der Waals surface area contributed by atoms with Gasteiger partial charge in [-0.3, -0.25) is 14.6 Å². The minimum atomic E-state index is -0.622. The van der Waals surface area contributed by atoms with Crippen molar-refractivity contribution >= 4 is 5.97 Å². The Kier molecular flexibility index (Phi) is 4.82. The molecule has 0 bridgehead atoms. The number of hydrogen-bond donors (Lipinski definition) is 1. The lowest BCUT2D eigenvalue weighted by molar-refractivity contribution is -0.149. The number of carboxylic acid groups (broad SMARTS) is 1. The van der Waals surface area contributed by atoms with Gasteiger partial charge in [0.05, 0.1) is 17.7 Å². The fourth-order valence-corrected chi connectivity index (χ4v) is 5.25. The molecule has 3 fully saturated rings. The Bertz CT molecular complexity index is 652. The average molecular weight is 361 g/mol. The van der Waals surface area contributed by atoms with Crippen LogP contribution in [0.5, 0.6) is 0 Å². The fourth-order valence-electron chi connectivity index (χ4n) is 5.25. The summed E-state index contributed by atoms with van der Waals surface area (Å²) in [5.74, 6) is 0.788. The third-order valence-corrected chi connectivity index (χ3v) is 6.77. The molecule has 26 heavy (non-hydrogen) atoms. The van der Waals surface area contributed by atoms with Gasteiger partial charge in [-0.1, -0.05) is 38.3 Å². The number of aliphatic carboxylic acids is 1. The van der Waals surface area contributed by atoms with Crippen molar-refractivity contribution in [3.05, 3.63) is 17.5 Å². The molecule has 6 heteroatoms. The van der Waals surface area contributed by atoms with Crippen molar-refractivity contribution < 1.29 is 14.4 Å². The predicted octanol–water partition coefficient (Wildman–Crippen LogP) is 2.95. The highest BCUT2D eigenvalue weighted by molar-refractivity contribution is 5.77. The highest BCUT2D eigenvalue weighted by atomic mass is 16.5. The molecule has 0 aromatic carbocycles. The maximum atomic E-state index is 12.2. The molecule has 6 nitrogen and oxygen atoms in total. The molecule has 1 N–H and O–H groups in total. The summed E-state index contributed by atoms with van der Waals surface area (Å²) in [7, 11) is 0. The van der Waals surface area contributed by atoms with Gasteiger partial charge in [0, 0.05) is 44.2 Å². The van der Waals surface area contributed by atoms with Crippen molar-refractivity contribution in [1.82, 2.24) is 15.0 Å². The van der Waals surface area contributed by atoms with E-state index in [-0.39, 0.29) is 5.92 Å². The zero-order valence-electron chi connectivity index (χ0n) is 16.0. The van der Waals surface area contributed by atoms with Gasteiger partial charge >= 0.3 is 5.97 Å². The van der Waals surface area contributed by atoms with Crippen molar-refractivity contribution in [3.63, 3.8) is 0 Å². The fraction of sp³-hybridized carbons (Fsp3) is 0.800. The Morgan fingerprint density at radius 3 is 2.69 bits per heavy atom. The Morgan fingerprint density at radius 2 is 2.08 bits per heavy atom. The normalized spacial score (nSPS) is 31.0. The van der Waals surface area contributed by atoms with E-state index in [1.807, 2.05) is 6.07 Å². The van der Waals surface area contributed by atoms with Gasteiger partial charge in [-0.05, 0) is 18.8 Å². The molecule has 3 heterocycles. The van der Waals surface area contributed by atoms with Gasteiger partial charge < -0.3 is 9.63 Å². The van der Waals surface area contributed by atoms with E-state index in [4.69, 9.17) is 4.52 Å². The second-order valence-electron chi connectivity index (χ2n) is 8.92. The molecule has 1 aromatic heterocycles. The standard InChI is InChI=1S/C20H31N3O3/c1-14(2)18-8-17(26-21-18)11-22-9-15-10-23(16-6-4-3-5-7-16)13-20(15,12-22)19(24)25/h8,14-16H,3-7,9-13H2,1-2H3,(H,24,25)/t15-,20-/m1/s1. The van der Waals surface area contributed by atoms with E-state index in [1.54, 1.807) is 0 Å². The van der Waals surface area contributed by atoms with E-state index in [1.165, 1.54) is 32.1 Å². The summed E-state index contributed by atoms with van der Waals surface area (Å²) in [6.45, 7) is 7.96. The summed E-state index contributed by atoms with van der Waals surface area (Å²) in [5, 5.41) is 14.2. The average Bonchev–Trinajstić information content (AvgIpc) is 3.29. The number of carboxylic acids is 1. The monoisotopic (exact) mass is 361 g/mol. The third kappa shape index (κ3) is 3.18. The Balaban J connectivity index is 1.43. The summed E-state index contributed by atoms with van der Waals surface area (Å²) in [6.07, 6.45) is 6.40. The molecule has 144 valence electrons. The number of hydrogen-bond acceptors (Lipinski definition) is 5. The van der Waals surface area contributed by atoms with E-state index in [0.717, 1.165) is 24.5 Å². The van der Waals surface area contributed by atoms with E-state index in [9.17, 15) is 9.90 Å². The first-order valence-corrected chi connectivity index (χ1v) is 10.1. The van der Waals surface area contributed by atoms with Crippen LogP contribution in [0.1, 0.15) is 63.3 Å². The van der Waals surface area contributed by atoms with Gasteiger partial charge in [0.1, 0.15) is 0 Å². The van der Waals surface area contributed by atoms with Gasteiger partial charge in [0.2, 0.25) is 0 Å². The van der Waals surface area contributed by atoms with Gasteiger partial charge in [-0.2, -0.15) is 0 Å². The summed E-state index contributed by atoms with van der Waals surface area (Å²) < 4.78 is 5.47. The maximum absolute atomic E-state index is 12.2. The van der Waals surface area contributed by atoms with Crippen molar-refractivity contribution in [3.8, 4) is 0 Å². The van der Waals surface area contributed by atoms with Crippen LogP contribution in [-0.2, 0) is 11.3 Å². The minimum absolute atomic E-state index is 0.217. The van der Waals surface area contributed by atoms with Gasteiger partial charge in [-0.15, -0.1) is 0 Å². The smallest absolute Gasteiger partial charge is 0.312 e. The molecule has 4 rings (SSSR count). The number of likely N-dealkylation sites (tertiary alicyclic amines) is 2. The first-order chi connectivity index (χ1) is 12.5. The van der Waals surface area contributed by atoms with Gasteiger partial charge in [0.25, 0.3) is 0 Å². The van der Waals surface area contributed by atoms with Crippen LogP contribution >= 0.6 is 0 Å². The van der Waals surface area contributed by atoms with Crippen LogP contribution in [0.25, 0.3) is 0 Å². The summed E-state index contributed by atoms with van der Waals surface area (Å²) >= 11 is 0. The summed E-state index contributed by atoms with van der Waals surface area (Å²) in [6, 6.07) is 2.61. The van der Waals surface area contributed by atoms with Crippen LogP contribution in [0.4, 0.5) is 0 Å². The van der Waals surface area contributed by atoms with E-state index in [0.29, 0.717) is 31.6 Å². The molecule has 2 aliphatic heterocycles. The summed E-state index contributed by atoms with van der Waals surface area (Å²) in [4.78, 5) is 17.0. The molecule has 1 aliphatic carbocycles. The molecular weight excluding hydrogens is 330 g/mol. The molecule has 1 aromatic rings. The molecule has 2 saturated heterocycles. The van der Waals surface area contributed by atoms with Crippen molar-refractivity contribution in [2.75, 3.05) is 26.2 Å². The van der Waals surface area contributed by atoms with E-state index in [2.05, 4.69) is 28.8 Å². The van der Waals surface area contributed by atoms with Crippen molar-refractivity contribution in [1.29, 1.82) is 0 Å². The molecule has 3 aliphatic rings. The second kappa shape index (κ2) is 6.97. The Morgan fingerprint density at radius 1 is 1.31 bits per heavy atom. The lowest BCUT2D eigenvalue weighted by atomic mass is 9.81. The number of nitrogens with zero attached hydrogens (tertiary/aromatic N) is 3. The number of fused-ring (bicyclic) bond motifs is 1. The first-order valence-electron chi connectivity index (χ1n) is 10.1. The highest BCUT2D eigenvalue weighted by Crippen LogP contribution is 2.45. The largest absolute Gasteiger partial charge is 0.481 e. The van der Waals surface area contributed by atoms with E-state index < -0.39 is 11.4 Å². The van der Waals surface area contributed by atoms with Crippen LogP contribution in [0, 0.1) is 11.3 Å². The zero-order chi connectivity index (χ0) is 18.3. The lowest BCUT2D eigenvalue weighted by Gasteiger charge is -2.33. The number of carbonyl (C=O) groups is 1. The van der Waals surface area contributed by atoms with Gasteiger partial charge in [0.15, 0.2) is 5.76 Å². The second-order valence-corrected chi connectivity index (χ2v) is 8.92. The molecule has 0 spiro atoms. The number of aromatic nitrogens is 1. The van der Waals surface area contributed by atoms with Crippen LogP contribution < -0.4 is 0 Å². The minimum Gasteiger partial charge on any atom is -0.481 e. The third-order valence-electron chi connectivity index (χ3n) is 6.77.